The maximum Gasteiger partial charge on any atom is 0.233 e. The van der Waals surface area contributed by atoms with Gasteiger partial charge in [0.25, 0.3) is 0 Å². The van der Waals surface area contributed by atoms with Gasteiger partial charge in [0, 0.05) is 17.1 Å². The maximum absolute atomic E-state index is 5.88. The Morgan fingerprint density at radius 1 is 1.21 bits per heavy atom. The van der Waals surface area contributed by atoms with E-state index in [4.69, 9.17) is 16.3 Å². The SMILES string of the molecule is Clc1ccc(-c2cncc(OC3CCNC3)n2)cc1. The van der Waals surface area contributed by atoms with E-state index in [0.717, 1.165) is 30.8 Å². The number of aromatic nitrogens is 2. The summed E-state index contributed by atoms with van der Waals surface area (Å²) in [5, 5.41) is 3.97. The molecule has 0 bridgehead atoms. The molecule has 0 aliphatic carbocycles. The first-order chi connectivity index (χ1) is 9.31. The van der Waals surface area contributed by atoms with Crippen molar-refractivity contribution in [1.29, 1.82) is 0 Å². The summed E-state index contributed by atoms with van der Waals surface area (Å²) in [4.78, 5) is 8.67. The van der Waals surface area contributed by atoms with Crippen LogP contribution in [-0.4, -0.2) is 29.2 Å². The average Bonchev–Trinajstić information content (AvgIpc) is 2.93. The summed E-state index contributed by atoms with van der Waals surface area (Å²) in [5.74, 6) is 0.571. The molecule has 1 N–H and O–H groups in total. The highest BCUT2D eigenvalue weighted by molar-refractivity contribution is 6.30. The molecule has 0 radical (unpaired) electrons. The van der Waals surface area contributed by atoms with E-state index in [-0.39, 0.29) is 6.10 Å². The number of ether oxygens (including phenoxy) is 1. The van der Waals surface area contributed by atoms with Crippen LogP contribution in [0.15, 0.2) is 36.7 Å². The van der Waals surface area contributed by atoms with Crippen molar-refractivity contribution in [2.45, 2.75) is 12.5 Å². The van der Waals surface area contributed by atoms with E-state index in [9.17, 15) is 0 Å². The fourth-order valence-electron chi connectivity index (χ4n) is 2.06. The Morgan fingerprint density at radius 2 is 2.05 bits per heavy atom. The van der Waals surface area contributed by atoms with E-state index < -0.39 is 0 Å². The predicted molar refractivity (Wildman–Crippen MR) is 74.4 cm³/mol. The molecule has 3 rings (SSSR count). The second-order valence-corrected chi connectivity index (χ2v) is 4.92. The van der Waals surface area contributed by atoms with E-state index in [2.05, 4.69) is 15.3 Å². The van der Waals surface area contributed by atoms with Gasteiger partial charge in [-0.05, 0) is 25.1 Å². The average molecular weight is 276 g/mol. The minimum absolute atomic E-state index is 0.190. The first-order valence-corrected chi connectivity index (χ1v) is 6.64. The molecule has 2 heterocycles. The highest BCUT2D eigenvalue weighted by atomic mass is 35.5. The molecule has 1 unspecified atom stereocenters. The van der Waals surface area contributed by atoms with Crippen LogP contribution in [0, 0.1) is 0 Å². The van der Waals surface area contributed by atoms with Gasteiger partial charge in [-0.25, -0.2) is 4.98 Å². The molecule has 1 saturated heterocycles. The molecule has 1 aromatic carbocycles. The van der Waals surface area contributed by atoms with Crippen LogP contribution in [-0.2, 0) is 0 Å². The molecule has 1 aromatic heterocycles. The van der Waals surface area contributed by atoms with Gasteiger partial charge in [0.2, 0.25) is 5.88 Å². The van der Waals surface area contributed by atoms with Crippen LogP contribution >= 0.6 is 11.6 Å². The van der Waals surface area contributed by atoms with Gasteiger partial charge < -0.3 is 10.1 Å². The standard InChI is InChI=1S/C14H14ClN3O/c15-11-3-1-10(2-4-11)13-8-17-9-14(18-13)19-12-5-6-16-7-12/h1-4,8-9,12,16H,5-7H2. The minimum atomic E-state index is 0.190. The number of halogens is 1. The number of nitrogens with one attached hydrogen (secondary N) is 1. The second-order valence-electron chi connectivity index (χ2n) is 4.48. The molecule has 98 valence electrons. The minimum Gasteiger partial charge on any atom is -0.472 e. The molecule has 0 amide bonds. The fraction of sp³-hybridized carbons (Fsp3) is 0.286. The first-order valence-electron chi connectivity index (χ1n) is 6.26. The lowest BCUT2D eigenvalue weighted by molar-refractivity contribution is 0.213. The molecular weight excluding hydrogens is 262 g/mol. The molecule has 1 atom stereocenters. The molecule has 5 heteroatoms. The molecule has 0 spiro atoms. The van der Waals surface area contributed by atoms with Gasteiger partial charge in [-0.2, -0.15) is 0 Å². The van der Waals surface area contributed by atoms with Crippen LogP contribution in [0.5, 0.6) is 5.88 Å². The van der Waals surface area contributed by atoms with Gasteiger partial charge in [-0.15, -0.1) is 0 Å². The monoisotopic (exact) mass is 275 g/mol. The van der Waals surface area contributed by atoms with Crippen molar-refractivity contribution in [3.63, 3.8) is 0 Å². The highest BCUT2D eigenvalue weighted by Crippen LogP contribution is 2.21. The van der Waals surface area contributed by atoms with Gasteiger partial charge in [-0.1, -0.05) is 23.7 Å². The summed E-state index contributed by atoms with van der Waals surface area (Å²) in [6.07, 6.45) is 4.57. The third-order valence-electron chi connectivity index (χ3n) is 3.05. The van der Waals surface area contributed by atoms with E-state index >= 15 is 0 Å². The topological polar surface area (TPSA) is 47.0 Å². The lowest BCUT2D eigenvalue weighted by atomic mass is 10.2. The zero-order chi connectivity index (χ0) is 13.1. The second kappa shape index (κ2) is 5.55. The first kappa shape index (κ1) is 12.4. The van der Waals surface area contributed by atoms with Crippen LogP contribution in [0.3, 0.4) is 0 Å². The third-order valence-corrected chi connectivity index (χ3v) is 3.31. The van der Waals surface area contributed by atoms with Gasteiger partial charge in [-0.3, -0.25) is 4.98 Å². The Balaban J connectivity index is 1.80. The fourth-order valence-corrected chi connectivity index (χ4v) is 2.19. The summed E-state index contributed by atoms with van der Waals surface area (Å²) in [6.45, 7) is 1.86. The number of hydrogen-bond donors (Lipinski definition) is 1. The lowest BCUT2D eigenvalue weighted by Gasteiger charge is -2.11. The largest absolute Gasteiger partial charge is 0.472 e. The van der Waals surface area contributed by atoms with E-state index in [1.165, 1.54) is 0 Å². The maximum atomic E-state index is 5.88. The van der Waals surface area contributed by atoms with Crippen LogP contribution in [0.25, 0.3) is 11.3 Å². The summed E-state index contributed by atoms with van der Waals surface area (Å²) in [6, 6.07) is 7.53. The molecule has 2 aromatic rings. The number of hydrogen-bond acceptors (Lipinski definition) is 4. The van der Waals surface area contributed by atoms with Crippen molar-refractivity contribution in [3.8, 4) is 17.1 Å². The van der Waals surface area contributed by atoms with Crippen LogP contribution in [0.2, 0.25) is 5.02 Å². The summed E-state index contributed by atoms with van der Waals surface area (Å²) in [7, 11) is 0. The Morgan fingerprint density at radius 3 is 2.79 bits per heavy atom. The predicted octanol–water partition coefficient (Wildman–Crippen LogP) is 2.54. The normalized spacial score (nSPS) is 18.5. The zero-order valence-electron chi connectivity index (χ0n) is 10.3. The van der Waals surface area contributed by atoms with Crippen LogP contribution < -0.4 is 10.1 Å². The summed E-state index contributed by atoms with van der Waals surface area (Å²) < 4.78 is 5.80. The molecule has 1 fully saturated rings. The summed E-state index contributed by atoms with van der Waals surface area (Å²) >= 11 is 5.88. The van der Waals surface area contributed by atoms with Gasteiger partial charge in [0.1, 0.15) is 6.10 Å². The molecule has 4 nitrogen and oxygen atoms in total. The number of nitrogens with zero attached hydrogens (tertiary/aromatic N) is 2. The molecule has 19 heavy (non-hydrogen) atoms. The number of benzene rings is 1. The Kier molecular flexibility index (Phi) is 3.62. The smallest absolute Gasteiger partial charge is 0.233 e. The van der Waals surface area contributed by atoms with E-state index in [1.807, 2.05) is 24.3 Å². The Bertz CT molecular complexity index is 553. The van der Waals surface area contributed by atoms with Crippen LogP contribution in [0.4, 0.5) is 0 Å². The molecule has 1 aliphatic rings. The Hall–Kier alpha value is -1.65. The zero-order valence-corrected chi connectivity index (χ0v) is 11.1. The van der Waals surface area contributed by atoms with E-state index in [1.54, 1.807) is 12.4 Å². The molecule has 1 aliphatic heterocycles. The van der Waals surface area contributed by atoms with Crippen molar-refractivity contribution in [3.05, 3.63) is 41.7 Å². The van der Waals surface area contributed by atoms with Crippen molar-refractivity contribution in [2.24, 2.45) is 0 Å². The third kappa shape index (κ3) is 3.03. The number of rotatable bonds is 3. The van der Waals surface area contributed by atoms with Crippen molar-refractivity contribution < 1.29 is 4.74 Å². The van der Waals surface area contributed by atoms with Gasteiger partial charge in [0.15, 0.2) is 0 Å². The van der Waals surface area contributed by atoms with E-state index in [0.29, 0.717) is 10.9 Å². The van der Waals surface area contributed by atoms with Crippen molar-refractivity contribution >= 4 is 11.6 Å². The Labute approximate surface area is 116 Å². The van der Waals surface area contributed by atoms with Gasteiger partial charge in [0.05, 0.1) is 18.1 Å². The van der Waals surface area contributed by atoms with Crippen LogP contribution in [0.1, 0.15) is 6.42 Å². The molecule has 0 saturated carbocycles. The highest BCUT2D eigenvalue weighted by Gasteiger charge is 2.16. The lowest BCUT2D eigenvalue weighted by Crippen LogP contribution is -2.20. The quantitative estimate of drug-likeness (QED) is 0.935. The van der Waals surface area contributed by atoms with Crippen molar-refractivity contribution in [2.75, 3.05) is 13.1 Å². The summed E-state index contributed by atoms with van der Waals surface area (Å²) in [5.41, 5.74) is 1.77. The van der Waals surface area contributed by atoms with Gasteiger partial charge >= 0.3 is 0 Å². The van der Waals surface area contributed by atoms with Crippen molar-refractivity contribution in [1.82, 2.24) is 15.3 Å². The molecular formula is C14H14ClN3O.